The number of unbranched alkanes of at least 4 members (excludes halogenated alkanes) is 2. The van der Waals surface area contributed by atoms with Crippen LogP contribution in [0.1, 0.15) is 32.6 Å². The first-order chi connectivity index (χ1) is 9.82. The van der Waals surface area contributed by atoms with Crippen molar-refractivity contribution in [1.29, 1.82) is 0 Å². The minimum atomic E-state index is -1.68. The largest absolute Gasteiger partial charge is 0.362 e. The van der Waals surface area contributed by atoms with E-state index in [0.717, 1.165) is 19.3 Å². The van der Waals surface area contributed by atoms with Crippen molar-refractivity contribution in [2.24, 2.45) is 0 Å². The summed E-state index contributed by atoms with van der Waals surface area (Å²) in [6.07, 6.45) is 2.42. The summed E-state index contributed by atoms with van der Waals surface area (Å²) in [7, 11) is 0. The predicted octanol–water partition coefficient (Wildman–Crippen LogP) is 5.14. The summed E-state index contributed by atoms with van der Waals surface area (Å²) in [5, 5.41) is 6.22. The van der Waals surface area contributed by atoms with Crippen molar-refractivity contribution in [1.82, 2.24) is 5.32 Å². The van der Waals surface area contributed by atoms with Crippen LogP contribution in [0.15, 0.2) is 24.3 Å². The van der Waals surface area contributed by atoms with Crippen molar-refractivity contribution in [2.75, 3.05) is 5.32 Å². The van der Waals surface area contributed by atoms with E-state index in [1.165, 1.54) is 0 Å². The molecule has 0 aliphatic rings. The number of alkyl halides is 3. The smallest absolute Gasteiger partial charge is 0.228 e. The van der Waals surface area contributed by atoms with Gasteiger partial charge in [0.2, 0.25) is 9.70 Å². The molecule has 0 fully saturated rings. The lowest BCUT2D eigenvalue weighted by Crippen LogP contribution is -2.49. The van der Waals surface area contributed by atoms with Crippen molar-refractivity contribution in [3.8, 4) is 0 Å². The van der Waals surface area contributed by atoms with Crippen LogP contribution in [0.4, 0.5) is 5.69 Å². The molecular weight excluding hydrogens is 354 g/mol. The van der Waals surface area contributed by atoms with E-state index >= 15 is 0 Å². The number of nitrogens with one attached hydrogen (secondary N) is 2. The standard InChI is InChI=1S/C14H18Cl4N2O/c1-2-3-4-8-12(21)20-13(14(16,17)18)19-11-7-5-6-10(15)9-11/h5-7,9,13,19H,2-4,8H2,1H3,(H,20,21). The van der Waals surface area contributed by atoms with Crippen LogP contribution in [0, 0.1) is 0 Å². The molecule has 118 valence electrons. The Bertz CT molecular complexity index is 463. The van der Waals surface area contributed by atoms with Crippen LogP contribution in [-0.2, 0) is 4.79 Å². The first-order valence-electron chi connectivity index (χ1n) is 6.71. The number of hydrogen-bond donors (Lipinski definition) is 2. The Kier molecular flexibility index (Phi) is 7.96. The van der Waals surface area contributed by atoms with Crippen LogP contribution in [0.3, 0.4) is 0 Å². The molecule has 3 nitrogen and oxygen atoms in total. The Labute approximate surface area is 145 Å². The van der Waals surface area contributed by atoms with Gasteiger partial charge in [-0.2, -0.15) is 0 Å². The zero-order chi connectivity index (χ0) is 15.9. The number of carbonyl (C=O) groups is 1. The average Bonchev–Trinajstić information content (AvgIpc) is 2.37. The molecular formula is C14H18Cl4N2O. The van der Waals surface area contributed by atoms with Gasteiger partial charge in [-0.05, 0) is 24.6 Å². The lowest BCUT2D eigenvalue weighted by molar-refractivity contribution is -0.121. The third-order valence-corrected chi connectivity index (χ3v) is 3.67. The third kappa shape index (κ3) is 7.46. The fraction of sp³-hybridized carbons (Fsp3) is 0.500. The van der Waals surface area contributed by atoms with Crippen molar-refractivity contribution < 1.29 is 4.79 Å². The SMILES string of the molecule is CCCCCC(=O)NC(Nc1cccc(Cl)c1)C(Cl)(Cl)Cl. The second-order valence-corrected chi connectivity index (χ2v) is 7.46. The normalized spacial score (nSPS) is 12.8. The van der Waals surface area contributed by atoms with E-state index in [1.54, 1.807) is 24.3 Å². The molecule has 1 aromatic rings. The van der Waals surface area contributed by atoms with E-state index in [9.17, 15) is 4.79 Å². The van der Waals surface area contributed by atoms with E-state index < -0.39 is 9.96 Å². The highest BCUT2D eigenvalue weighted by Gasteiger charge is 2.33. The molecule has 0 spiro atoms. The zero-order valence-corrected chi connectivity index (χ0v) is 14.7. The van der Waals surface area contributed by atoms with E-state index in [4.69, 9.17) is 46.4 Å². The Balaban J connectivity index is 2.66. The Morgan fingerprint density at radius 3 is 2.57 bits per heavy atom. The predicted molar refractivity (Wildman–Crippen MR) is 91.4 cm³/mol. The Morgan fingerprint density at radius 1 is 1.29 bits per heavy atom. The summed E-state index contributed by atoms with van der Waals surface area (Å²) in [6.45, 7) is 2.07. The van der Waals surface area contributed by atoms with Gasteiger partial charge in [-0.15, -0.1) is 0 Å². The fourth-order valence-electron chi connectivity index (χ4n) is 1.71. The molecule has 0 saturated carbocycles. The van der Waals surface area contributed by atoms with Crippen molar-refractivity contribution in [2.45, 2.75) is 42.6 Å². The van der Waals surface area contributed by atoms with Crippen LogP contribution in [0.5, 0.6) is 0 Å². The van der Waals surface area contributed by atoms with Crippen molar-refractivity contribution >= 4 is 58.0 Å². The van der Waals surface area contributed by atoms with Crippen molar-refractivity contribution in [3.63, 3.8) is 0 Å². The molecule has 0 radical (unpaired) electrons. The molecule has 0 heterocycles. The quantitative estimate of drug-likeness (QED) is 0.395. The summed E-state index contributed by atoms with van der Waals surface area (Å²) in [5.74, 6) is -0.158. The highest BCUT2D eigenvalue weighted by atomic mass is 35.6. The number of anilines is 1. The highest BCUT2D eigenvalue weighted by molar-refractivity contribution is 6.68. The average molecular weight is 372 g/mol. The molecule has 21 heavy (non-hydrogen) atoms. The van der Waals surface area contributed by atoms with Gasteiger partial charge in [0.1, 0.15) is 6.17 Å². The first-order valence-corrected chi connectivity index (χ1v) is 8.22. The summed E-state index contributed by atoms with van der Waals surface area (Å²) in [6, 6.07) is 6.97. The van der Waals surface area contributed by atoms with Crippen LogP contribution in [0.25, 0.3) is 0 Å². The minimum Gasteiger partial charge on any atom is -0.362 e. The van der Waals surface area contributed by atoms with Gasteiger partial charge in [0.15, 0.2) is 0 Å². The lowest BCUT2D eigenvalue weighted by Gasteiger charge is -2.27. The van der Waals surface area contributed by atoms with Crippen molar-refractivity contribution in [3.05, 3.63) is 29.3 Å². The molecule has 1 rings (SSSR count). The summed E-state index contributed by atoms with van der Waals surface area (Å²) in [4.78, 5) is 11.9. The van der Waals surface area contributed by atoms with Gasteiger partial charge in [-0.3, -0.25) is 4.79 Å². The highest BCUT2D eigenvalue weighted by Crippen LogP contribution is 2.31. The van der Waals surface area contributed by atoms with E-state index in [2.05, 4.69) is 17.6 Å². The number of amides is 1. The van der Waals surface area contributed by atoms with E-state index in [-0.39, 0.29) is 5.91 Å². The molecule has 1 amide bonds. The molecule has 1 unspecified atom stereocenters. The van der Waals surface area contributed by atoms with Gasteiger partial charge >= 0.3 is 0 Å². The topological polar surface area (TPSA) is 41.1 Å². The molecule has 0 aliphatic carbocycles. The lowest BCUT2D eigenvalue weighted by atomic mass is 10.2. The molecule has 0 saturated heterocycles. The van der Waals surface area contributed by atoms with Crippen LogP contribution < -0.4 is 10.6 Å². The second kappa shape index (κ2) is 8.94. The minimum absolute atomic E-state index is 0.158. The number of halogens is 4. The summed E-state index contributed by atoms with van der Waals surface area (Å²) < 4.78 is -1.68. The Morgan fingerprint density at radius 2 is 2.00 bits per heavy atom. The molecule has 2 N–H and O–H groups in total. The van der Waals surface area contributed by atoms with Gasteiger partial charge in [0, 0.05) is 17.1 Å². The van der Waals surface area contributed by atoms with Gasteiger partial charge in [0.25, 0.3) is 0 Å². The van der Waals surface area contributed by atoms with E-state index in [0.29, 0.717) is 17.1 Å². The monoisotopic (exact) mass is 370 g/mol. The van der Waals surface area contributed by atoms with Gasteiger partial charge in [-0.1, -0.05) is 72.2 Å². The maximum absolute atomic E-state index is 11.9. The number of carbonyl (C=O) groups excluding carboxylic acids is 1. The zero-order valence-electron chi connectivity index (χ0n) is 11.6. The molecule has 0 aliphatic heterocycles. The molecule has 7 heteroatoms. The maximum atomic E-state index is 11.9. The number of benzene rings is 1. The van der Waals surface area contributed by atoms with Crippen LogP contribution in [0.2, 0.25) is 5.02 Å². The fourth-order valence-corrected chi connectivity index (χ4v) is 2.23. The molecule has 1 atom stereocenters. The number of hydrogen-bond acceptors (Lipinski definition) is 2. The van der Waals surface area contributed by atoms with Gasteiger partial charge in [0.05, 0.1) is 0 Å². The van der Waals surface area contributed by atoms with E-state index in [1.807, 2.05) is 0 Å². The first kappa shape index (κ1) is 18.7. The Hall–Kier alpha value is -0.350. The molecule has 0 bridgehead atoms. The second-order valence-electron chi connectivity index (χ2n) is 4.65. The van der Waals surface area contributed by atoms with Crippen LogP contribution >= 0.6 is 46.4 Å². The maximum Gasteiger partial charge on any atom is 0.228 e. The van der Waals surface area contributed by atoms with Crippen LogP contribution in [-0.4, -0.2) is 15.9 Å². The van der Waals surface area contributed by atoms with Gasteiger partial charge < -0.3 is 10.6 Å². The molecule has 0 aromatic heterocycles. The summed E-state index contributed by atoms with van der Waals surface area (Å²) in [5.41, 5.74) is 0.660. The summed E-state index contributed by atoms with van der Waals surface area (Å²) >= 11 is 23.7. The third-order valence-electron chi connectivity index (χ3n) is 2.78. The van der Waals surface area contributed by atoms with Gasteiger partial charge in [-0.25, -0.2) is 0 Å². The molecule has 1 aromatic carbocycles. The number of rotatable bonds is 7.